The molecule has 0 saturated heterocycles. The summed E-state index contributed by atoms with van der Waals surface area (Å²) in [6.07, 6.45) is 0. The molecule has 1 aliphatic carbocycles. The van der Waals surface area contributed by atoms with Gasteiger partial charge in [-0.1, -0.05) is 30.3 Å². The Morgan fingerprint density at radius 3 is 2.58 bits per heavy atom. The van der Waals surface area contributed by atoms with Crippen molar-refractivity contribution in [2.24, 2.45) is 0 Å². The van der Waals surface area contributed by atoms with Crippen LogP contribution < -0.4 is 0 Å². The summed E-state index contributed by atoms with van der Waals surface area (Å²) >= 11 is 1.73. The Bertz CT molecular complexity index is 855. The van der Waals surface area contributed by atoms with Crippen LogP contribution in [0.5, 0.6) is 0 Å². The molecule has 1 heterocycles. The van der Waals surface area contributed by atoms with Crippen LogP contribution in [0.2, 0.25) is 0 Å². The standard InChI is InChI=1S/C17H12OS/c1-9-7-8-12-14(10(9)2)16(18)15-11-5-3-4-6-13(11)19-17(12)15/h3-8H,1-2H3. The number of thiophene rings is 1. The molecular weight excluding hydrogens is 252 g/mol. The summed E-state index contributed by atoms with van der Waals surface area (Å²) in [7, 11) is 0. The molecule has 92 valence electrons. The largest absolute Gasteiger partial charge is 0.288 e. The molecule has 0 atom stereocenters. The lowest BCUT2D eigenvalue weighted by atomic mass is 9.98. The molecule has 1 aromatic heterocycles. The minimum atomic E-state index is 0.198. The maximum atomic E-state index is 12.7. The molecule has 0 amide bonds. The van der Waals surface area contributed by atoms with Crippen LogP contribution in [0.15, 0.2) is 36.4 Å². The number of fused-ring (bicyclic) bond motifs is 5. The average molecular weight is 264 g/mol. The summed E-state index contributed by atoms with van der Waals surface area (Å²) in [5, 5.41) is 1.10. The molecule has 3 aromatic rings. The molecule has 0 spiro atoms. The van der Waals surface area contributed by atoms with Crippen LogP contribution in [-0.4, -0.2) is 5.78 Å². The van der Waals surface area contributed by atoms with Gasteiger partial charge in [0.05, 0.1) is 0 Å². The summed E-state index contributed by atoms with van der Waals surface area (Å²) in [4.78, 5) is 13.9. The van der Waals surface area contributed by atoms with E-state index in [9.17, 15) is 4.79 Å². The fourth-order valence-corrected chi connectivity index (χ4v) is 4.11. The monoisotopic (exact) mass is 264 g/mol. The molecule has 0 fully saturated rings. The Hall–Kier alpha value is -1.93. The first-order valence-corrected chi connectivity index (χ1v) is 7.17. The first kappa shape index (κ1) is 10.9. The molecule has 0 bridgehead atoms. The van der Waals surface area contributed by atoms with Crippen LogP contribution >= 0.6 is 11.3 Å². The number of rotatable bonds is 0. The van der Waals surface area contributed by atoms with Crippen LogP contribution in [0.3, 0.4) is 0 Å². The average Bonchev–Trinajstić information content (AvgIpc) is 2.91. The van der Waals surface area contributed by atoms with Crippen LogP contribution in [0, 0.1) is 13.8 Å². The molecule has 2 heteroatoms. The van der Waals surface area contributed by atoms with E-state index in [2.05, 4.69) is 31.2 Å². The lowest BCUT2D eigenvalue weighted by Crippen LogP contribution is -1.99. The predicted molar refractivity (Wildman–Crippen MR) is 80.2 cm³/mol. The zero-order chi connectivity index (χ0) is 13.1. The Balaban J connectivity index is 2.16. The summed E-state index contributed by atoms with van der Waals surface area (Å²) in [6, 6.07) is 12.4. The third-order valence-corrected chi connectivity index (χ3v) is 5.23. The zero-order valence-corrected chi connectivity index (χ0v) is 11.6. The highest BCUT2D eigenvalue weighted by Crippen LogP contribution is 2.47. The zero-order valence-electron chi connectivity index (χ0n) is 10.8. The van der Waals surface area contributed by atoms with Gasteiger partial charge in [0.1, 0.15) is 0 Å². The molecule has 0 radical (unpaired) electrons. The van der Waals surface area contributed by atoms with Gasteiger partial charge in [0, 0.05) is 31.7 Å². The highest BCUT2D eigenvalue weighted by atomic mass is 32.1. The van der Waals surface area contributed by atoms with Crippen molar-refractivity contribution in [1.29, 1.82) is 0 Å². The van der Waals surface area contributed by atoms with Crippen molar-refractivity contribution in [3.05, 3.63) is 58.7 Å². The van der Waals surface area contributed by atoms with Gasteiger partial charge in [-0.05, 0) is 31.0 Å². The molecule has 0 saturated carbocycles. The Morgan fingerprint density at radius 2 is 1.74 bits per heavy atom. The SMILES string of the molecule is Cc1ccc2c(c1C)C(=O)c1c-2sc2ccccc12. The topological polar surface area (TPSA) is 17.1 Å². The highest BCUT2D eigenvalue weighted by Gasteiger charge is 2.32. The summed E-state index contributed by atoms with van der Waals surface area (Å²) in [5.41, 5.74) is 5.24. The van der Waals surface area contributed by atoms with Crippen molar-refractivity contribution in [2.45, 2.75) is 13.8 Å². The van der Waals surface area contributed by atoms with Crippen molar-refractivity contribution in [3.63, 3.8) is 0 Å². The van der Waals surface area contributed by atoms with Crippen LogP contribution in [0.25, 0.3) is 20.5 Å². The van der Waals surface area contributed by atoms with Gasteiger partial charge in [0.2, 0.25) is 0 Å². The molecular formula is C17H12OS. The first-order chi connectivity index (χ1) is 9.18. The van der Waals surface area contributed by atoms with E-state index in [1.54, 1.807) is 11.3 Å². The summed E-state index contributed by atoms with van der Waals surface area (Å²) < 4.78 is 1.20. The number of benzene rings is 2. The van der Waals surface area contributed by atoms with E-state index in [0.29, 0.717) is 0 Å². The lowest BCUT2D eigenvalue weighted by Gasteiger charge is -2.06. The van der Waals surface area contributed by atoms with Gasteiger partial charge in [0.15, 0.2) is 5.78 Å². The number of hydrogen-bond donors (Lipinski definition) is 0. The highest BCUT2D eigenvalue weighted by molar-refractivity contribution is 7.23. The van der Waals surface area contributed by atoms with E-state index in [4.69, 9.17) is 0 Å². The van der Waals surface area contributed by atoms with E-state index in [1.165, 1.54) is 10.3 Å². The second-order valence-corrected chi connectivity index (χ2v) is 6.11. The number of carbonyl (C=O) groups is 1. The quantitative estimate of drug-likeness (QED) is 0.449. The first-order valence-electron chi connectivity index (χ1n) is 6.35. The van der Waals surface area contributed by atoms with Gasteiger partial charge in [-0.3, -0.25) is 4.79 Å². The van der Waals surface area contributed by atoms with Gasteiger partial charge >= 0.3 is 0 Å². The molecule has 0 unspecified atom stereocenters. The Labute approximate surface area is 115 Å². The molecule has 4 rings (SSSR count). The van der Waals surface area contributed by atoms with Gasteiger partial charge in [0.25, 0.3) is 0 Å². The molecule has 19 heavy (non-hydrogen) atoms. The summed E-state index contributed by atoms with van der Waals surface area (Å²) in [6.45, 7) is 4.11. The van der Waals surface area contributed by atoms with Crippen molar-refractivity contribution < 1.29 is 4.79 Å². The minimum Gasteiger partial charge on any atom is -0.288 e. The van der Waals surface area contributed by atoms with E-state index in [0.717, 1.165) is 32.5 Å². The molecule has 2 aromatic carbocycles. The van der Waals surface area contributed by atoms with Gasteiger partial charge in [-0.15, -0.1) is 11.3 Å². The van der Waals surface area contributed by atoms with Crippen molar-refractivity contribution in [3.8, 4) is 10.4 Å². The van der Waals surface area contributed by atoms with Crippen LogP contribution in [-0.2, 0) is 0 Å². The number of aryl methyl sites for hydroxylation is 1. The van der Waals surface area contributed by atoms with Gasteiger partial charge in [-0.2, -0.15) is 0 Å². The van der Waals surface area contributed by atoms with Crippen molar-refractivity contribution >= 4 is 27.2 Å². The van der Waals surface area contributed by atoms with Crippen molar-refractivity contribution in [2.75, 3.05) is 0 Å². The third kappa shape index (κ3) is 1.27. The molecule has 1 aliphatic rings. The van der Waals surface area contributed by atoms with E-state index < -0.39 is 0 Å². The van der Waals surface area contributed by atoms with Crippen LogP contribution in [0.1, 0.15) is 27.0 Å². The second kappa shape index (κ2) is 3.55. The minimum absolute atomic E-state index is 0.198. The van der Waals surface area contributed by atoms with Crippen LogP contribution in [0.4, 0.5) is 0 Å². The van der Waals surface area contributed by atoms with Gasteiger partial charge < -0.3 is 0 Å². The Morgan fingerprint density at radius 1 is 0.947 bits per heavy atom. The fraction of sp³-hybridized carbons (Fsp3) is 0.118. The van der Waals surface area contributed by atoms with Gasteiger partial charge in [-0.25, -0.2) is 0 Å². The van der Waals surface area contributed by atoms with E-state index in [1.807, 2.05) is 19.1 Å². The number of carbonyl (C=O) groups excluding carboxylic acids is 1. The normalized spacial score (nSPS) is 12.8. The van der Waals surface area contributed by atoms with Crippen molar-refractivity contribution in [1.82, 2.24) is 0 Å². The third-order valence-electron chi connectivity index (χ3n) is 4.03. The molecule has 0 N–H and O–H groups in total. The maximum absolute atomic E-state index is 12.7. The van der Waals surface area contributed by atoms with E-state index >= 15 is 0 Å². The Kier molecular flexibility index (Phi) is 2.04. The maximum Gasteiger partial charge on any atom is 0.196 e. The fourth-order valence-electron chi connectivity index (χ4n) is 2.88. The van der Waals surface area contributed by atoms with E-state index in [-0.39, 0.29) is 5.78 Å². The second-order valence-electron chi connectivity index (χ2n) is 5.06. The molecule has 0 aliphatic heterocycles. The smallest absolute Gasteiger partial charge is 0.196 e. The molecule has 1 nitrogen and oxygen atoms in total. The predicted octanol–water partition coefficient (Wildman–Crippen LogP) is 4.73. The summed E-state index contributed by atoms with van der Waals surface area (Å²) in [5.74, 6) is 0.198. The lowest BCUT2D eigenvalue weighted by molar-refractivity contribution is 0.104. The number of ketones is 1. The number of hydrogen-bond acceptors (Lipinski definition) is 2.